The minimum Gasteiger partial charge on any atom is -0.457 e. The molecule has 3 amide bonds. The highest BCUT2D eigenvalue weighted by atomic mass is 19.4. The number of nitrogens with one attached hydrogen (secondary N) is 3. The molecule has 4 N–H and O–H groups in total. The fourth-order valence-electron chi connectivity index (χ4n) is 11.6. The Morgan fingerprint density at radius 2 is 1.68 bits per heavy atom. The normalized spacial score (nSPS) is 29.3. The number of nitrogens with zero attached hydrogens (tertiary/aromatic N) is 1. The number of carbonyl (C=O) groups excluding carboxylic acids is 7. The second-order valence-corrected chi connectivity index (χ2v) is 21.3. The van der Waals surface area contributed by atoms with Crippen LogP contribution in [0.4, 0.5) is 23.7 Å². The number of ketones is 2. The molecule has 390 valence electrons. The van der Waals surface area contributed by atoms with E-state index in [2.05, 4.69) is 16.0 Å². The van der Waals surface area contributed by atoms with Crippen molar-refractivity contribution in [3.8, 4) is 5.75 Å². The van der Waals surface area contributed by atoms with E-state index in [-0.39, 0.29) is 66.2 Å². The van der Waals surface area contributed by atoms with Gasteiger partial charge in [-0.2, -0.15) is 13.2 Å². The lowest BCUT2D eigenvalue weighted by molar-refractivity contribution is -0.202. The van der Waals surface area contributed by atoms with Gasteiger partial charge in [-0.3, -0.25) is 28.9 Å². The van der Waals surface area contributed by atoms with Crippen LogP contribution < -0.4 is 20.7 Å². The van der Waals surface area contributed by atoms with E-state index < -0.39 is 107 Å². The van der Waals surface area contributed by atoms with Gasteiger partial charge in [-0.15, -0.1) is 0 Å². The van der Waals surface area contributed by atoms with E-state index >= 15 is 0 Å². The molecule has 1 aliphatic heterocycles. The molecule has 0 spiro atoms. The number of amides is 3. The molecule has 3 saturated carbocycles. The molecule has 17 nitrogen and oxygen atoms in total. The summed E-state index contributed by atoms with van der Waals surface area (Å²) in [6, 6.07) is 8.30. The van der Waals surface area contributed by atoms with Gasteiger partial charge in [0.05, 0.1) is 18.8 Å². The molecule has 4 aliphatic carbocycles. The first-order valence-electron chi connectivity index (χ1n) is 24.0. The smallest absolute Gasteiger partial charge is 0.457 e. The number of alkyl carbamates (subject to hydrolysis) is 1. The molecule has 20 heteroatoms. The zero-order valence-corrected chi connectivity index (χ0v) is 41.8. The third-order valence-corrected chi connectivity index (χ3v) is 14.7. The lowest BCUT2D eigenvalue weighted by atomic mass is 9.46. The zero-order valence-electron chi connectivity index (χ0n) is 41.8. The molecule has 0 unspecified atom stereocenters. The minimum absolute atomic E-state index is 0.0699. The van der Waals surface area contributed by atoms with Gasteiger partial charge in [-0.25, -0.2) is 9.59 Å². The molecule has 4 fully saturated rings. The quantitative estimate of drug-likeness (QED) is 0.129. The van der Waals surface area contributed by atoms with E-state index in [1.807, 2.05) is 19.9 Å². The fourth-order valence-corrected chi connectivity index (χ4v) is 11.6. The molecule has 7 rings (SSSR count). The van der Waals surface area contributed by atoms with Crippen LogP contribution in [-0.4, -0.2) is 120 Å². The Kier molecular flexibility index (Phi) is 15.1. The predicted octanol–water partition coefficient (Wildman–Crippen LogP) is 5.82. The number of halogens is 3. The number of benzene rings is 2. The maximum Gasteiger partial charge on any atom is 0.491 e. The first-order valence-corrected chi connectivity index (χ1v) is 24.0. The molecular weight excluding hydrogens is 946 g/mol. The topological polar surface area (TPSA) is 225 Å². The van der Waals surface area contributed by atoms with Gasteiger partial charge in [0, 0.05) is 34.4 Å². The van der Waals surface area contributed by atoms with Crippen LogP contribution in [0.1, 0.15) is 97.1 Å². The SMILES string of the molecule is C[C@H](NC(=O)OC(C)(C)C)C(=O)N[C@@H](C)C(=O)Nc1cccc(Cc2ccc([C@@H]3O[C@@H]4C[C@H]5[C@@H]6CCC7=CC(=O)C=C[C@]7(C)[C@H]6[C@@H](O)C[C@]5(C)[C@]4(C(=O)COC(=O)CN(C)C)O3)cc2OC(=O)C(F)(F)F)c1. The summed E-state index contributed by atoms with van der Waals surface area (Å²) in [5, 5.41) is 19.8. The number of anilines is 1. The van der Waals surface area contributed by atoms with Crippen LogP contribution in [0.15, 0.2) is 66.3 Å². The van der Waals surface area contributed by atoms with Gasteiger partial charge in [0.1, 0.15) is 23.4 Å². The molecule has 11 atom stereocenters. The number of aliphatic hydroxyl groups excluding tert-OH is 1. The predicted molar refractivity (Wildman–Crippen MR) is 252 cm³/mol. The van der Waals surface area contributed by atoms with Crippen LogP contribution in [0.5, 0.6) is 5.75 Å². The number of Topliss-reactive ketones (excluding diaryl/α,β-unsaturated/α-hetero) is 1. The van der Waals surface area contributed by atoms with Crippen molar-refractivity contribution in [1.82, 2.24) is 15.5 Å². The van der Waals surface area contributed by atoms with Crippen LogP contribution in [0.25, 0.3) is 0 Å². The molecule has 0 bridgehead atoms. The van der Waals surface area contributed by atoms with Crippen molar-refractivity contribution >= 4 is 47.1 Å². The number of likely N-dealkylation sites (N-methyl/N-ethyl adjacent to an activating group) is 1. The summed E-state index contributed by atoms with van der Waals surface area (Å²) in [5.41, 5.74) is -2.46. The highest BCUT2D eigenvalue weighted by Crippen LogP contribution is 2.70. The first kappa shape index (κ1) is 53.8. The highest BCUT2D eigenvalue weighted by Gasteiger charge is 2.76. The van der Waals surface area contributed by atoms with Gasteiger partial charge in [-0.05, 0) is 128 Å². The third-order valence-electron chi connectivity index (χ3n) is 14.7. The number of hydrogen-bond donors (Lipinski definition) is 4. The monoisotopic (exact) mass is 1010 g/mol. The number of esters is 2. The lowest BCUT2D eigenvalue weighted by Crippen LogP contribution is -2.63. The van der Waals surface area contributed by atoms with Gasteiger partial charge in [-0.1, -0.05) is 49.8 Å². The van der Waals surface area contributed by atoms with E-state index in [1.165, 1.54) is 38.1 Å². The fraction of sp³-hybridized carbons (Fsp3) is 0.558. The summed E-state index contributed by atoms with van der Waals surface area (Å²) >= 11 is 0. The van der Waals surface area contributed by atoms with Crippen LogP contribution in [0.2, 0.25) is 0 Å². The molecule has 72 heavy (non-hydrogen) atoms. The van der Waals surface area contributed by atoms with Gasteiger partial charge >= 0.3 is 24.2 Å². The maximum atomic E-state index is 14.8. The molecule has 1 saturated heterocycles. The number of allylic oxidation sites excluding steroid dienone is 4. The Hall–Kier alpha value is -5.96. The van der Waals surface area contributed by atoms with Crippen molar-refractivity contribution in [2.45, 2.75) is 129 Å². The molecule has 0 radical (unpaired) electrons. The highest BCUT2D eigenvalue weighted by molar-refractivity contribution is 6.01. The Balaban J connectivity index is 1.13. The summed E-state index contributed by atoms with van der Waals surface area (Å²) in [7, 11) is 3.32. The van der Waals surface area contributed by atoms with Gasteiger partial charge in [0.25, 0.3) is 0 Å². The molecule has 2 aromatic carbocycles. The van der Waals surface area contributed by atoms with Crippen molar-refractivity contribution < 1.29 is 75.5 Å². The summed E-state index contributed by atoms with van der Waals surface area (Å²) in [5.74, 6) is -6.39. The van der Waals surface area contributed by atoms with Gasteiger partial charge < -0.3 is 44.7 Å². The van der Waals surface area contributed by atoms with Gasteiger partial charge in [0.2, 0.25) is 17.6 Å². The number of carbonyl (C=O) groups is 7. The van der Waals surface area contributed by atoms with Crippen LogP contribution in [-0.2, 0) is 54.1 Å². The van der Waals surface area contributed by atoms with E-state index in [4.69, 9.17) is 23.7 Å². The number of hydrogen-bond acceptors (Lipinski definition) is 14. The summed E-state index contributed by atoms with van der Waals surface area (Å²) in [6.45, 7) is 10.9. The van der Waals surface area contributed by atoms with E-state index in [0.29, 0.717) is 18.4 Å². The van der Waals surface area contributed by atoms with Gasteiger partial charge in [0.15, 0.2) is 24.3 Å². The number of ether oxygens (including phenoxy) is 5. The van der Waals surface area contributed by atoms with E-state index in [0.717, 1.165) is 5.57 Å². The van der Waals surface area contributed by atoms with Crippen molar-refractivity contribution in [3.05, 3.63) is 83.0 Å². The average Bonchev–Trinajstić information content (AvgIpc) is 3.78. The lowest BCUT2D eigenvalue weighted by Gasteiger charge is -2.59. The van der Waals surface area contributed by atoms with Crippen molar-refractivity contribution in [2.75, 3.05) is 32.6 Å². The Morgan fingerprint density at radius 1 is 0.972 bits per heavy atom. The number of rotatable bonds is 14. The Labute approximate surface area is 415 Å². The standard InChI is InChI=1S/C52H63F3N4O13/c1-27(56-43(64)28(2)57-47(67)72-48(3,4)5)44(65)58-33-12-10-11-29(20-33)19-30-13-14-31(21-38(30)69-46(66)52(53,54)55)45-70-40-23-36-35-16-15-32-22-34(60)17-18-49(32,6)42(35)37(61)24-50(36,7)51(40,71-45)39(62)26-68-41(63)25-59(8)9/h10-14,17-18,20-22,27-28,35-37,40,42,45,61H,15-16,19,23-26H2,1-9H3,(H,56,64)(H,57,67)(H,58,65)/t27-,28-,35-,36-,37-,40+,42+,45+,49-,50-,51+/m0/s1. The van der Waals surface area contributed by atoms with Crippen molar-refractivity contribution in [2.24, 2.45) is 28.6 Å². The summed E-state index contributed by atoms with van der Waals surface area (Å²) < 4.78 is 70.5. The minimum atomic E-state index is -5.38. The largest absolute Gasteiger partial charge is 0.491 e. The van der Waals surface area contributed by atoms with Crippen molar-refractivity contribution in [1.29, 1.82) is 0 Å². The molecular formula is C52H63F3N4O13. The summed E-state index contributed by atoms with van der Waals surface area (Å²) in [6.07, 6.45) is -3.08. The molecule has 0 aromatic heterocycles. The Morgan fingerprint density at radius 3 is 2.36 bits per heavy atom. The Bertz CT molecular complexity index is 2580. The van der Waals surface area contributed by atoms with Crippen LogP contribution in [0, 0.1) is 28.6 Å². The van der Waals surface area contributed by atoms with E-state index in [9.17, 15) is 51.8 Å². The van der Waals surface area contributed by atoms with Crippen molar-refractivity contribution in [3.63, 3.8) is 0 Å². The zero-order chi connectivity index (χ0) is 52.9. The van der Waals surface area contributed by atoms with E-state index in [1.54, 1.807) is 70.1 Å². The number of alkyl halides is 3. The summed E-state index contributed by atoms with van der Waals surface area (Å²) in [4.78, 5) is 92.2. The number of aliphatic hydroxyl groups is 1. The average molecular weight is 1010 g/mol. The second-order valence-electron chi connectivity index (χ2n) is 21.3. The first-order chi connectivity index (χ1) is 33.5. The number of fused-ring (bicyclic) bond motifs is 7. The van der Waals surface area contributed by atoms with Crippen LogP contribution >= 0.6 is 0 Å². The molecule has 5 aliphatic rings. The second kappa shape index (κ2) is 20.2. The maximum absolute atomic E-state index is 14.8. The molecule has 2 aromatic rings. The van der Waals surface area contributed by atoms with Crippen LogP contribution in [0.3, 0.4) is 0 Å². The third kappa shape index (κ3) is 10.9. The molecule has 1 heterocycles.